The van der Waals surface area contributed by atoms with Gasteiger partial charge in [-0.05, 0) is 13.3 Å². The smallest absolute Gasteiger partial charge is 0.0786 e. The summed E-state index contributed by atoms with van der Waals surface area (Å²) in [5.41, 5.74) is 5.21. The van der Waals surface area contributed by atoms with E-state index in [0.717, 1.165) is 6.42 Å². The quantitative estimate of drug-likeness (QED) is 0.499. The molecule has 0 spiro atoms. The molecule has 3 nitrogen and oxygen atoms in total. The summed E-state index contributed by atoms with van der Waals surface area (Å²) in [6, 6.07) is 0.473. The van der Waals surface area contributed by atoms with Crippen molar-refractivity contribution in [2.24, 2.45) is 5.73 Å². The molecule has 0 aromatic heterocycles. The Kier molecular flexibility index (Phi) is 5.58. The molecule has 0 aliphatic heterocycles. The average Bonchev–Trinajstić information content (AvgIpc) is 1.99. The predicted molar refractivity (Wildman–Crippen MR) is 42.8 cm³/mol. The summed E-state index contributed by atoms with van der Waals surface area (Å²) in [4.78, 5) is 0. The molecule has 0 fully saturated rings. The molecule has 0 bridgehead atoms. The Morgan fingerprint density at radius 1 is 1.60 bits per heavy atom. The van der Waals surface area contributed by atoms with Crippen LogP contribution in [-0.4, -0.2) is 30.3 Å². The molecule has 0 saturated carbocycles. The maximum absolute atomic E-state index is 9.01. The third kappa shape index (κ3) is 4.73. The highest BCUT2D eigenvalue weighted by molar-refractivity contribution is 4.63. The van der Waals surface area contributed by atoms with E-state index in [-0.39, 0.29) is 0 Å². The molecule has 0 aromatic rings. The number of hydrogen-bond acceptors (Lipinski definition) is 3. The minimum absolute atomic E-state index is 0.337. The van der Waals surface area contributed by atoms with Crippen LogP contribution < -0.4 is 11.1 Å². The van der Waals surface area contributed by atoms with Crippen molar-refractivity contribution >= 4 is 0 Å². The van der Waals surface area contributed by atoms with E-state index in [9.17, 15) is 0 Å². The Bertz CT molecular complexity index is 68.0. The maximum atomic E-state index is 9.01. The first-order valence-corrected chi connectivity index (χ1v) is 3.82. The van der Waals surface area contributed by atoms with Crippen molar-refractivity contribution in [1.82, 2.24) is 5.32 Å². The zero-order valence-electron chi connectivity index (χ0n) is 6.80. The second kappa shape index (κ2) is 5.65. The number of nitrogens with one attached hydrogen (secondary N) is 1. The standard InChI is InChI=1S/C7H18N2O/c1-3-6(2)9-5-7(10)4-8/h6-7,9-10H,3-5,8H2,1-2H3. The minimum atomic E-state index is -0.394. The van der Waals surface area contributed by atoms with Crippen LogP contribution in [0.4, 0.5) is 0 Å². The van der Waals surface area contributed by atoms with Gasteiger partial charge in [-0.3, -0.25) is 0 Å². The first-order chi connectivity index (χ1) is 4.70. The van der Waals surface area contributed by atoms with Crippen LogP contribution in [0.15, 0.2) is 0 Å². The van der Waals surface area contributed by atoms with E-state index in [4.69, 9.17) is 10.8 Å². The second-order valence-electron chi connectivity index (χ2n) is 2.61. The second-order valence-corrected chi connectivity index (χ2v) is 2.61. The number of hydrogen-bond donors (Lipinski definition) is 3. The highest BCUT2D eigenvalue weighted by Crippen LogP contribution is 1.87. The van der Waals surface area contributed by atoms with E-state index < -0.39 is 6.10 Å². The van der Waals surface area contributed by atoms with E-state index in [1.54, 1.807) is 0 Å². The zero-order valence-corrected chi connectivity index (χ0v) is 6.80. The summed E-state index contributed by atoms with van der Waals surface area (Å²) in [6.45, 7) is 5.13. The van der Waals surface area contributed by atoms with Gasteiger partial charge in [-0.15, -0.1) is 0 Å². The Morgan fingerprint density at radius 3 is 2.60 bits per heavy atom. The SMILES string of the molecule is CCC(C)NCC(O)CN. The highest BCUT2D eigenvalue weighted by atomic mass is 16.3. The molecule has 2 unspecified atom stereocenters. The lowest BCUT2D eigenvalue weighted by atomic mass is 10.2. The van der Waals surface area contributed by atoms with E-state index in [1.807, 2.05) is 0 Å². The summed E-state index contributed by atoms with van der Waals surface area (Å²) >= 11 is 0. The van der Waals surface area contributed by atoms with Crippen molar-refractivity contribution < 1.29 is 5.11 Å². The molecule has 0 heterocycles. The number of nitrogens with two attached hydrogens (primary N) is 1. The van der Waals surface area contributed by atoms with Crippen LogP contribution in [0, 0.1) is 0 Å². The van der Waals surface area contributed by atoms with Crippen molar-refractivity contribution in [2.45, 2.75) is 32.4 Å². The van der Waals surface area contributed by atoms with Gasteiger partial charge in [-0.1, -0.05) is 6.92 Å². The molecule has 0 amide bonds. The average molecular weight is 146 g/mol. The lowest BCUT2D eigenvalue weighted by Crippen LogP contribution is -2.36. The van der Waals surface area contributed by atoms with Crippen LogP contribution in [0.3, 0.4) is 0 Å². The van der Waals surface area contributed by atoms with E-state index >= 15 is 0 Å². The van der Waals surface area contributed by atoms with Crippen molar-refractivity contribution in [3.63, 3.8) is 0 Å². The number of aliphatic hydroxyl groups excluding tert-OH is 1. The molecule has 0 aromatic carbocycles. The Hall–Kier alpha value is -0.120. The fourth-order valence-corrected chi connectivity index (χ4v) is 0.565. The van der Waals surface area contributed by atoms with Gasteiger partial charge < -0.3 is 16.2 Å². The lowest BCUT2D eigenvalue weighted by Gasteiger charge is -2.13. The van der Waals surface area contributed by atoms with Gasteiger partial charge >= 0.3 is 0 Å². The van der Waals surface area contributed by atoms with Gasteiger partial charge in [0, 0.05) is 19.1 Å². The molecule has 0 radical (unpaired) electrons. The van der Waals surface area contributed by atoms with E-state index in [2.05, 4.69) is 19.2 Å². The summed E-state index contributed by atoms with van der Waals surface area (Å²) in [5.74, 6) is 0. The first kappa shape index (κ1) is 9.88. The van der Waals surface area contributed by atoms with Crippen molar-refractivity contribution in [3.8, 4) is 0 Å². The molecule has 10 heavy (non-hydrogen) atoms. The molecule has 0 rings (SSSR count). The van der Waals surface area contributed by atoms with Crippen molar-refractivity contribution in [3.05, 3.63) is 0 Å². The van der Waals surface area contributed by atoms with Crippen LogP contribution in [0.5, 0.6) is 0 Å². The van der Waals surface area contributed by atoms with Crippen LogP contribution in [0.1, 0.15) is 20.3 Å². The van der Waals surface area contributed by atoms with Crippen LogP contribution in [0.2, 0.25) is 0 Å². The van der Waals surface area contributed by atoms with Crippen LogP contribution in [-0.2, 0) is 0 Å². The van der Waals surface area contributed by atoms with E-state index in [0.29, 0.717) is 19.1 Å². The molecule has 4 N–H and O–H groups in total. The lowest BCUT2D eigenvalue weighted by molar-refractivity contribution is 0.175. The van der Waals surface area contributed by atoms with Gasteiger partial charge in [0.05, 0.1) is 6.10 Å². The minimum Gasteiger partial charge on any atom is -0.390 e. The molecule has 0 saturated heterocycles. The molecule has 3 heteroatoms. The largest absolute Gasteiger partial charge is 0.390 e. The molecule has 0 aliphatic carbocycles. The molecular weight excluding hydrogens is 128 g/mol. The molecule has 0 aliphatic rings. The topological polar surface area (TPSA) is 58.3 Å². The molecular formula is C7H18N2O. The fraction of sp³-hybridized carbons (Fsp3) is 1.00. The van der Waals surface area contributed by atoms with Gasteiger partial charge in [0.15, 0.2) is 0 Å². The third-order valence-electron chi connectivity index (χ3n) is 1.59. The monoisotopic (exact) mass is 146 g/mol. The Morgan fingerprint density at radius 2 is 2.20 bits per heavy atom. The fourth-order valence-electron chi connectivity index (χ4n) is 0.565. The molecule has 62 valence electrons. The predicted octanol–water partition coefficient (Wildman–Crippen LogP) is -0.306. The normalized spacial score (nSPS) is 16.8. The highest BCUT2D eigenvalue weighted by Gasteiger charge is 2.01. The van der Waals surface area contributed by atoms with Gasteiger partial charge in [-0.2, -0.15) is 0 Å². The zero-order chi connectivity index (χ0) is 7.98. The molecule has 2 atom stereocenters. The van der Waals surface area contributed by atoms with E-state index in [1.165, 1.54) is 0 Å². The van der Waals surface area contributed by atoms with Crippen molar-refractivity contribution in [1.29, 1.82) is 0 Å². The number of rotatable bonds is 5. The van der Waals surface area contributed by atoms with Crippen LogP contribution >= 0.6 is 0 Å². The Balaban J connectivity index is 3.17. The van der Waals surface area contributed by atoms with Gasteiger partial charge in [0.25, 0.3) is 0 Å². The maximum Gasteiger partial charge on any atom is 0.0786 e. The first-order valence-electron chi connectivity index (χ1n) is 3.82. The van der Waals surface area contributed by atoms with Crippen LogP contribution in [0.25, 0.3) is 0 Å². The van der Waals surface area contributed by atoms with Gasteiger partial charge in [0.2, 0.25) is 0 Å². The van der Waals surface area contributed by atoms with Gasteiger partial charge in [0.1, 0.15) is 0 Å². The summed E-state index contributed by atoms with van der Waals surface area (Å²) < 4.78 is 0. The third-order valence-corrected chi connectivity index (χ3v) is 1.59. The van der Waals surface area contributed by atoms with Crippen molar-refractivity contribution in [2.75, 3.05) is 13.1 Å². The summed E-state index contributed by atoms with van der Waals surface area (Å²) in [6.07, 6.45) is 0.686. The number of aliphatic hydroxyl groups is 1. The summed E-state index contributed by atoms with van der Waals surface area (Å²) in [5, 5.41) is 12.2. The Labute approximate surface area is 62.6 Å². The summed E-state index contributed by atoms with van der Waals surface area (Å²) in [7, 11) is 0. The van der Waals surface area contributed by atoms with Gasteiger partial charge in [-0.25, -0.2) is 0 Å².